The number of aromatic nitrogens is 2. The van der Waals surface area contributed by atoms with Crippen molar-refractivity contribution >= 4 is 17.3 Å². The standard InChI is InChI=1S/C22H30N4OS/c1-15-14-18(16(2)26(15)17-8-3-4-9-17)21-20(19-10-5-6-11-23-19)24-22(28)25(21)12-7-13-27/h5-6,10-11,14,17,20-21,27H,3-4,7-9,12-13H2,1-2H3,(H,24,28)/t20-,21+/m1/s1. The Labute approximate surface area is 172 Å². The zero-order chi connectivity index (χ0) is 19.7. The number of nitrogens with one attached hydrogen (secondary N) is 1. The molecular weight excluding hydrogens is 368 g/mol. The summed E-state index contributed by atoms with van der Waals surface area (Å²) in [4.78, 5) is 6.86. The van der Waals surface area contributed by atoms with Gasteiger partial charge in [-0.15, -0.1) is 0 Å². The first-order chi connectivity index (χ1) is 13.6. The number of aliphatic hydroxyl groups excluding tert-OH is 1. The van der Waals surface area contributed by atoms with Crippen molar-refractivity contribution in [3.8, 4) is 0 Å². The fraction of sp³-hybridized carbons (Fsp3) is 0.545. The molecule has 150 valence electrons. The number of hydrogen-bond donors (Lipinski definition) is 2. The molecule has 0 aromatic carbocycles. The lowest BCUT2D eigenvalue weighted by Gasteiger charge is -2.28. The minimum Gasteiger partial charge on any atom is -0.396 e. The Morgan fingerprint density at radius 2 is 2.04 bits per heavy atom. The molecular formula is C22H30N4OS. The van der Waals surface area contributed by atoms with Crippen molar-refractivity contribution in [3.05, 3.63) is 53.1 Å². The Bertz CT molecular complexity index is 829. The van der Waals surface area contributed by atoms with Crippen LogP contribution in [0.5, 0.6) is 0 Å². The Balaban J connectivity index is 1.76. The quantitative estimate of drug-likeness (QED) is 0.721. The zero-order valence-corrected chi connectivity index (χ0v) is 17.6. The first-order valence-electron chi connectivity index (χ1n) is 10.4. The lowest BCUT2D eigenvalue weighted by molar-refractivity contribution is 0.247. The summed E-state index contributed by atoms with van der Waals surface area (Å²) in [6.07, 6.45) is 7.74. The van der Waals surface area contributed by atoms with Crippen molar-refractivity contribution < 1.29 is 5.11 Å². The fourth-order valence-corrected chi connectivity index (χ4v) is 5.38. The maximum absolute atomic E-state index is 9.39. The van der Waals surface area contributed by atoms with E-state index in [2.05, 4.69) is 45.7 Å². The van der Waals surface area contributed by atoms with Crippen LogP contribution in [0.15, 0.2) is 30.5 Å². The van der Waals surface area contributed by atoms with Gasteiger partial charge in [0.05, 0.1) is 17.8 Å². The summed E-state index contributed by atoms with van der Waals surface area (Å²) >= 11 is 5.70. The van der Waals surface area contributed by atoms with Gasteiger partial charge in [0.1, 0.15) is 0 Å². The largest absolute Gasteiger partial charge is 0.396 e. The van der Waals surface area contributed by atoms with E-state index in [1.165, 1.54) is 42.6 Å². The van der Waals surface area contributed by atoms with Crippen LogP contribution in [0.3, 0.4) is 0 Å². The Morgan fingerprint density at radius 1 is 1.25 bits per heavy atom. The molecule has 1 aliphatic carbocycles. The van der Waals surface area contributed by atoms with Crippen molar-refractivity contribution in [1.29, 1.82) is 0 Å². The van der Waals surface area contributed by atoms with Crippen LogP contribution in [0, 0.1) is 13.8 Å². The highest BCUT2D eigenvalue weighted by Gasteiger charge is 2.41. The molecule has 5 nitrogen and oxygen atoms in total. The monoisotopic (exact) mass is 398 g/mol. The molecule has 0 bridgehead atoms. The zero-order valence-electron chi connectivity index (χ0n) is 16.8. The molecule has 2 fully saturated rings. The average molecular weight is 399 g/mol. The van der Waals surface area contributed by atoms with Crippen LogP contribution < -0.4 is 5.32 Å². The molecule has 1 saturated carbocycles. The molecule has 2 atom stereocenters. The summed E-state index contributed by atoms with van der Waals surface area (Å²) in [6.45, 7) is 5.38. The van der Waals surface area contributed by atoms with E-state index in [0.717, 1.165) is 17.4 Å². The number of nitrogens with zero attached hydrogens (tertiary/aromatic N) is 3. The smallest absolute Gasteiger partial charge is 0.170 e. The molecule has 2 N–H and O–H groups in total. The van der Waals surface area contributed by atoms with Gasteiger partial charge in [-0.2, -0.15) is 0 Å². The van der Waals surface area contributed by atoms with Crippen LogP contribution in [0.4, 0.5) is 0 Å². The van der Waals surface area contributed by atoms with E-state index < -0.39 is 0 Å². The second kappa shape index (κ2) is 8.21. The van der Waals surface area contributed by atoms with Gasteiger partial charge in [-0.25, -0.2) is 0 Å². The molecule has 28 heavy (non-hydrogen) atoms. The van der Waals surface area contributed by atoms with Gasteiger partial charge in [-0.3, -0.25) is 4.98 Å². The predicted octanol–water partition coefficient (Wildman–Crippen LogP) is 3.97. The third kappa shape index (κ3) is 3.44. The van der Waals surface area contributed by atoms with Crippen molar-refractivity contribution in [1.82, 2.24) is 19.8 Å². The van der Waals surface area contributed by atoms with Crippen LogP contribution in [0.2, 0.25) is 0 Å². The fourth-order valence-electron chi connectivity index (χ4n) is 5.05. The van der Waals surface area contributed by atoms with Gasteiger partial charge in [0.25, 0.3) is 0 Å². The topological polar surface area (TPSA) is 53.3 Å². The van der Waals surface area contributed by atoms with Crippen molar-refractivity contribution in [3.63, 3.8) is 0 Å². The van der Waals surface area contributed by atoms with Crippen molar-refractivity contribution in [2.45, 2.75) is 64.1 Å². The van der Waals surface area contributed by atoms with Crippen molar-refractivity contribution in [2.24, 2.45) is 0 Å². The van der Waals surface area contributed by atoms with Gasteiger partial charge >= 0.3 is 0 Å². The summed E-state index contributed by atoms with van der Waals surface area (Å²) in [5.41, 5.74) is 5.01. The summed E-state index contributed by atoms with van der Waals surface area (Å²) in [6, 6.07) is 9.12. The molecule has 1 saturated heterocycles. The van der Waals surface area contributed by atoms with Gasteiger partial charge in [0.15, 0.2) is 5.11 Å². The number of aryl methyl sites for hydroxylation is 1. The van der Waals surface area contributed by atoms with Gasteiger partial charge < -0.3 is 19.9 Å². The minimum atomic E-state index is 0.0184. The van der Waals surface area contributed by atoms with Crippen LogP contribution in [0.25, 0.3) is 0 Å². The van der Waals surface area contributed by atoms with Crippen LogP contribution in [-0.2, 0) is 0 Å². The molecule has 2 aromatic rings. The van der Waals surface area contributed by atoms with Gasteiger partial charge in [0, 0.05) is 36.8 Å². The Morgan fingerprint density at radius 3 is 2.71 bits per heavy atom. The molecule has 0 radical (unpaired) electrons. The highest BCUT2D eigenvalue weighted by molar-refractivity contribution is 7.80. The number of rotatable bonds is 6. The summed E-state index contributed by atoms with van der Waals surface area (Å²) in [5, 5.41) is 13.6. The normalized spacial score (nSPS) is 22.8. The van der Waals surface area contributed by atoms with E-state index >= 15 is 0 Å². The van der Waals surface area contributed by atoms with Gasteiger partial charge in [-0.1, -0.05) is 18.9 Å². The molecule has 6 heteroatoms. The van der Waals surface area contributed by atoms with Crippen LogP contribution >= 0.6 is 12.2 Å². The molecule has 4 rings (SSSR count). The first-order valence-corrected chi connectivity index (χ1v) is 10.8. The molecule has 3 heterocycles. The highest BCUT2D eigenvalue weighted by Crippen LogP contribution is 2.42. The van der Waals surface area contributed by atoms with Crippen molar-refractivity contribution in [2.75, 3.05) is 13.2 Å². The molecule has 1 aliphatic heterocycles. The average Bonchev–Trinajstić information content (AvgIpc) is 3.39. The lowest BCUT2D eigenvalue weighted by atomic mass is 9.96. The highest BCUT2D eigenvalue weighted by atomic mass is 32.1. The molecule has 0 unspecified atom stereocenters. The Hall–Kier alpha value is -1.92. The maximum atomic E-state index is 9.39. The second-order valence-electron chi connectivity index (χ2n) is 8.03. The minimum absolute atomic E-state index is 0.0184. The molecule has 2 aliphatic rings. The number of pyridine rings is 1. The molecule has 2 aromatic heterocycles. The van der Waals surface area contributed by atoms with Crippen LogP contribution in [-0.4, -0.2) is 37.8 Å². The van der Waals surface area contributed by atoms with E-state index in [9.17, 15) is 5.11 Å². The first kappa shape index (κ1) is 19.4. The second-order valence-corrected chi connectivity index (χ2v) is 8.42. The predicted molar refractivity (Wildman–Crippen MR) is 115 cm³/mol. The van der Waals surface area contributed by atoms with E-state index in [1.807, 2.05) is 18.3 Å². The number of hydrogen-bond acceptors (Lipinski definition) is 3. The van der Waals surface area contributed by atoms with E-state index in [-0.39, 0.29) is 18.7 Å². The third-order valence-electron chi connectivity index (χ3n) is 6.29. The van der Waals surface area contributed by atoms with Gasteiger partial charge in [0.2, 0.25) is 0 Å². The summed E-state index contributed by atoms with van der Waals surface area (Å²) in [7, 11) is 0. The van der Waals surface area contributed by atoms with E-state index in [0.29, 0.717) is 12.5 Å². The Kier molecular flexibility index (Phi) is 5.69. The van der Waals surface area contributed by atoms with Gasteiger partial charge in [-0.05, 0) is 69.1 Å². The molecule has 0 amide bonds. The molecule has 0 spiro atoms. The lowest BCUT2D eigenvalue weighted by Crippen LogP contribution is -2.31. The van der Waals surface area contributed by atoms with E-state index in [4.69, 9.17) is 12.2 Å². The number of aliphatic hydroxyl groups is 1. The number of thiocarbonyl (C=S) groups is 1. The summed E-state index contributed by atoms with van der Waals surface area (Å²) < 4.78 is 2.55. The van der Waals surface area contributed by atoms with Crippen LogP contribution in [0.1, 0.15) is 72.9 Å². The van der Waals surface area contributed by atoms with E-state index in [1.54, 1.807) is 0 Å². The summed E-state index contributed by atoms with van der Waals surface area (Å²) in [5.74, 6) is 0. The maximum Gasteiger partial charge on any atom is 0.170 e. The third-order valence-corrected chi connectivity index (χ3v) is 6.64. The SMILES string of the molecule is Cc1cc([C@H]2[C@@H](c3ccccn3)NC(=S)N2CCCO)c(C)n1C1CCCC1.